The third-order valence-electron chi connectivity index (χ3n) is 3.72. The van der Waals surface area contributed by atoms with Gasteiger partial charge in [0.25, 0.3) is 5.91 Å². The summed E-state index contributed by atoms with van der Waals surface area (Å²) < 4.78 is 0. The lowest BCUT2D eigenvalue weighted by Crippen LogP contribution is -2.70. The molecular formula is C16H15N3O4S. The largest absolute Gasteiger partial charge is 0.477 e. The van der Waals surface area contributed by atoms with E-state index in [1.165, 1.54) is 23.6 Å². The van der Waals surface area contributed by atoms with Gasteiger partial charge in [0.15, 0.2) is 0 Å². The number of thioether (sulfide) groups is 1. The predicted octanol–water partition coefficient (Wildman–Crippen LogP) is 0.853. The molecule has 8 heteroatoms. The van der Waals surface area contributed by atoms with Crippen molar-refractivity contribution in [2.24, 2.45) is 0 Å². The highest BCUT2D eigenvalue weighted by Gasteiger charge is 2.53. The average Bonchev–Trinajstić information content (AvgIpc) is 2.57. The van der Waals surface area contributed by atoms with E-state index in [0.29, 0.717) is 11.3 Å². The maximum atomic E-state index is 12.2. The first-order chi connectivity index (χ1) is 11.5. The molecule has 1 fully saturated rings. The van der Waals surface area contributed by atoms with Gasteiger partial charge in [-0.05, 0) is 17.2 Å². The van der Waals surface area contributed by atoms with Crippen molar-refractivity contribution >= 4 is 35.6 Å². The SMILES string of the molecule is CC(=O)NC1C(=O)N2C(C(=O)O)=C(C=Cc3cccnc3)CS[C@@H]12. The maximum absolute atomic E-state index is 12.2. The first-order valence-corrected chi connectivity index (χ1v) is 8.30. The Morgan fingerprint density at radius 3 is 2.88 bits per heavy atom. The number of rotatable bonds is 4. The van der Waals surface area contributed by atoms with Gasteiger partial charge in [0.2, 0.25) is 5.91 Å². The Labute approximate surface area is 142 Å². The van der Waals surface area contributed by atoms with E-state index in [2.05, 4.69) is 10.3 Å². The van der Waals surface area contributed by atoms with Crippen molar-refractivity contribution in [2.75, 3.05) is 5.75 Å². The molecule has 2 atom stereocenters. The lowest BCUT2D eigenvalue weighted by Gasteiger charge is -2.49. The minimum Gasteiger partial charge on any atom is -0.477 e. The smallest absolute Gasteiger partial charge is 0.352 e. The maximum Gasteiger partial charge on any atom is 0.352 e. The lowest BCUT2D eigenvalue weighted by atomic mass is 10.0. The minimum absolute atomic E-state index is 0.0227. The standard InChI is InChI=1S/C16H15N3O4S/c1-9(20)18-12-14(21)19-13(16(22)23)11(8-24-15(12)19)5-4-10-3-2-6-17-7-10/h2-7,12,15H,8H2,1H3,(H,18,20)(H,22,23)/t12?,15-/m0/s1. The topological polar surface area (TPSA) is 99.6 Å². The Balaban J connectivity index is 1.88. The van der Waals surface area contributed by atoms with Gasteiger partial charge < -0.3 is 10.4 Å². The predicted molar refractivity (Wildman–Crippen MR) is 88.6 cm³/mol. The number of carbonyl (C=O) groups is 3. The quantitative estimate of drug-likeness (QED) is 0.785. The van der Waals surface area contributed by atoms with E-state index in [9.17, 15) is 19.5 Å². The number of nitrogens with one attached hydrogen (secondary N) is 1. The lowest BCUT2D eigenvalue weighted by molar-refractivity contribution is -0.150. The van der Waals surface area contributed by atoms with Crippen LogP contribution in [0.25, 0.3) is 6.08 Å². The number of aliphatic carboxylic acids is 1. The Hall–Kier alpha value is -2.61. The molecule has 0 bridgehead atoms. The molecule has 1 saturated heterocycles. The molecule has 124 valence electrons. The van der Waals surface area contributed by atoms with Gasteiger partial charge in [0.1, 0.15) is 17.1 Å². The van der Waals surface area contributed by atoms with Gasteiger partial charge in [0, 0.05) is 25.1 Å². The molecular weight excluding hydrogens is 330 g/mol. The number of β-lactam (4-membered cyclic amide) rings is 1. The van der Waals surface area contributed by atoms with Crippen molar-refractivity contribution in [3.05, 3.63) is 47.4 Å². The van der Waals surface area contributed by atoms with E-state index in [0.717, 1.165) is 5.56 Å². The molecule has 24 heavy (non-hydrogen) atoms. The third-order valence-corrected chi connectivity index (χ3v) is 5.02. The number of carboxylic acid groups (broad SMARTS) is 1. The van der Waals surface area contributed by atoms with Crippen LogP contribution in [0.1, 0.15) is 12.5 Å². The zero-order valence-corrected chi connectivity index (χ0v) is 13.6. The van der Waals surface area contributed by atoms with Gasteiger partial charge in [0.05, 0.1) is 0 Å². The van der Waals surface area contributed by atoms with Crippen LogP contribution in [-0.2, 0) is 14.4 Å². The third kappa shape index (κ3) is 2.92. The highest BCUT2D eigenvalue weighted by atomic mass is 32.2. The summed E-state index contributed by atoms with van der Waals surface area (Å²) in [6.07, 6.45) is 6.78. The molecule has 0 aliphatic carbocycles. The van der Waals surface area contributed by atoms with E-state index < -0.39 is 17.9 Å². The van der Waals surface area contributed by atoms with Crippen LogP contribution in [0.15, 0.2) is 41.9 Å². The van der Waals surface area contributed by atoms with Crippen LogP contribution in [0.2, 0.25) is 0 Å². The van der Waals surface area contributed by atoms with Crippen molar-refractivity contribution in [3.63, 3.8) is 0 Å². The molecule has 3 rings (SSSR count). The number of carboxylic acids is 1. The van der Waals surface area contributed by atoms with Crippen molar-refractivity contribution in [2.45, 2.75) is 18.3 Å². The second kappa shape index (κ2) is 6.48. The van der Waals surface area contributed by atoms with E-state index in [1.54, 1.807) is 30.6 Å². The fourth-order valence-electron chi connectivity index (χ4n) is 2.66. The Kier molecular flexibility index (Phi) is 4.39. The molecule has 2 aliphatic heterocycles. The zero-order chi connectivity index (χ0) is 17.3. The molecule has 2 aliphatic rings. The zero-order valence-electron chi connectivity index (χ0n) is 12.8. The fourth-order valence-corrected chi connectivity index (χ4v) is 3.98. The Bertz CT molecular complexity index is 760. The number of nitrogens with zero attached hydrogens (tertiary/aromatic N) is 2. The van der Waals surface area contributed by atoms with Gasteiger partial charge in [-0.2, -0.15) is 0 Å². The van der Waals surface area contributed by atoms with Gasteiger partial charge in [-0.1, -0.05) is 18.2 Å². The summed E-state index contributed by atoms with van der Waals surface area (Å²) in [6.45, 7) is 1.33. The van der Waals surface area contributed by atoms with E-state index in [4.69, 9.17) is 0 Å². The van der Waals surface area contributed by atoms with Crippen LogP contribution in [0, 0.1) is 0 Å². The highest BCUT2D eigenvalue weighted by molar-refractivity contribution is 8.00. The molecule has 0 radical (unpaired) electrons. The second-order valence-corrected chi connectivity index (χ2v) is 6.49. The monoisotopic (exact) mass is 345 g/mol. The molecule has 0 aromatic carbocycles. The first-order valence-electron chi connectivity index (χ1n) is 7.25. The van der Waals surface area contributed by atoms with Crippen molar-refractivity contribution < 1.29 is 19.5 Å². The van der Waals surface area contributed by atoms with Crippen molar-refractivity contribution in [1.82, 2.24) is 15.2 Å². The average molecular weight is 345 g/mol. The summed E-state index contributed by atoms with van der Waals surface area (Å²) in [7, 11) is 0. The molecule has 7 nitrogen and oxygen atoms in total. The van der Waals surface area contributed by atoms with Crippen LogP contribution in [0.4, 0.5) is 0 Å². The summed E-state index contributed by atoms with van der Waals surface area (Å²) in [5, 5.41) is 11.7. The summed E-state index contributed by atoms with van der Waals surface area (Å²) in [5.74, 6) is -1.41. The highest BCUT2D eigenvalue weighted by Crippen LogP contribution is 2.40. The summed E-state index contributed by atoms with van der Waals surface area (Å²) in [5.41, 5.74) is 1.38. The van der Waals surface area contributed by atoms with Crippen LogP contribution < -0.4 is 5.32 Å². The van der Waals surface area contributed by atoms with Crippen molar-refractivity contribution in [3.8, 4) is 0 Å². The molecule has 1 aromatic heterocycles. The number of hydrogen-bond acceptors (Lipinski definition) is 5. The first kappa shape index (κ1) is 16.3. The van der Waals surface area contributed by atoms with Crippen molar-refractivity contribution in [1.29, 1.82) is 0 Å². The normalized spacial score (nSPS) is 23.0. The second-order valence-electron chi connectivity index (χ2n) is 5.39. The number of hydrogen-bond donors (Lipinski definition) is 2. The molecule has 0 spiro atoms. The summed E-state index contributed by atoms with van der Waals surface area (Å²) >= 11 is 1.43. The number of pyridine rings is 1. The van der Waals surface area contributed by atoms with Gasteiger partial charge in [-0.3, -0.25) is 19.5 Å². The van der Waals surface area contributed by atoms with Gasteiger partial charge in [-0.15, -0.1) is 11.8 Å². The van der Waals surface area contributed by atoms with E-state index in [1.807, 2.05) is 6.07 Å². The van der Waals surface area contributed by atoms with Crippen LogP contribution in [0.3, 0.4) is 0 Å². The van der Waals surface area contributed by atoms with Gasteiger partial charge in [-0.25, -0.2) is 4.79 Å². The van der Waals surface area contributed by atoms with Crippen LogP contribution in [-0.4, -0.2) is 49.9 Å². The number of carbonyl (C=O) groups excluding carboxylic acids is 2. The fraction of sp³-hybridized carbons (Fsp3) is 0.250. The summed E-state index contributed by atoms with van der Waals surface area (Å²) in [6, 6.07) is 2.98. The minimum atomic E-state index is -1.15. The number of amides is 2. The molecule has 2 amide bonds. The number of aromatic nitrogens is 1. The summed E-state index contributed by atoms with van der Waals surface area (Å²) in [4.78, 5) is 40.3. The Morgan fingerprint density at radius 2 is 2.25 bits per heavy atom. The molecule has 2 N–H and O–H groups in total. The van der Waals surface area contributed by atoms with E-state index >= 15 is 0 Å². The number of fused-ring (bicyclic) bond motifs is 1. The Morgan fingerprint density at radius 1 is 1.46 bits per heavy atom. The molecule has 1 unspecified atom stereocenters. The van der Waals surface area contributed by atoms with Crippen LogP contribution in [0.5, 0.6) is 0 Å². The molecule has 3 heterocycles. The van der Waals surface area contributed by atoms with Gasteiger partial charge >= 0.3 is 5.97 Å². The van der Waals surface area contributed by atoms with E-state index in [-0.39, 0.29) is 17.0 Å². The molecule has 1 aromatic rings. The van der Waals surface area contributed by atoms with Crippen LogP contribution >= 0.6 is 11.8 Å². The molecule has 0 saturated carbocycles. The number of allylic oxidation sites excluding steroid dienone is 1.